The van der Waals surface area contributed by atoms with Crippen LogP contribution in [0.2, 0.25) is 5.28 Å². The predicted molar refractivity (Wildman–Crippen MR) is 38.4 cm³/mol. The van der Waals surface area contributed by atoms with Crippen LogP contribution in [0, 0.1) is 0 Å². The summed E-state index contributed by atoms with van der Waals surface area (Å²) in [6.45, 7) is 0. The lowest BCUT2D eigenvalue weighted by Crippen LogP contribution is -2.02. The third kappa shape index (κ3) is 7.39. The van der Waals surface area contributed by atoms with E-state index in [9.17, 15) is 17.3 Å². The van der Waals surface area contributed by atoms with Gasteiger partial charge in [-0.15, -0.1) is 0 Å². The van der Waals surface area contributed by atoms with E-state index in [0.29, 0.717) is 5.28 Å². The molecule has 0 aliphatic carbocycles. The summed E-state index contributed by atoms with van der Waals surface area (Å²) in [4.78, 5) is 3.74. The van der Waals surface area contributed by atoms with Gasteiger partial charge in [-0.05, 0) is 11.6 Å². The van der Waals surface area contributed by atoms with Crippen molar-refractivity contribution in [3.8, 4) is 0 Å². The van der Waals surface area contributed by atoms with Gasteiger partial charge in [-0.1, -0.05) is 0 Å². The van der Waals surface area contributed by atoms with E-state index in [1.54, 1.807) is 17.0 Å². The van der Waals surface area contributed by atoms with Crippen molar-refractivity contribution in [2.45, 2.75) is 0 Å². The second kappa shape index (κ2) is 4.35. The van der Waals surface area contributed by atoms with E-state index in [2.05, 4.69) is 4.98 Å². The number of nitrogens with zero attached hydrogens (tertiary/aromatic N) is 2. The van der Waals surface area contributed by atoms with Crippen LogP contribution in [0.15, 0.2) is 12.4 Å². The minimum atomic E-state index is -6.00. The molecule has 0 aliphatic heterocycles. The molecule has 0 spiro atoms. The largest absolute Gasteiger partial charge is 0.673 e. The highest BCUT2D eigenvalue weighted by molar-refractivity contribution is 6.50. The standard InChI is InChI=1S/C4H5ClN2.BF4/c1-7-3-2-6-4(7)5;2-1(3,4)5/h2-3H,1H3;/q;-1. The Morgan fingerprint density at radius 2 is 1.83 bits per heavy atom. The van der Waals surface area contributed by atoms with Crippen molar-refractivity contribution in [3.63, 3.8) is 0 Å². The van der Waals surface area contributed by atoms with Crippen LogP contribution in [-0.2, 0) is 7.05 Å². The number of halogens is 5. The summed E-state index contributed by atoms with van der Waals surface area (Å²) >= 11 is 5.48. The first kappa shape index (κ1) is 11.3. The predicted octanol–water partition coefficient (Wildman–Crippen LogP) is 2.37. The molecule has 0 amide bonds. The number of hydrogen-bond acceptors (Lipinski definition) is 1. The number of hydrogen-bond donors (Lipinski definition) is 0. The molecule has 0 N–H and O–H groups in total. The fraction of sp³-hybridized carbons (Fsp3) is 0.250. The molecule has 0 saturated carbocycles. The summed E-state index contributed by atoms with van der Waals surface area (Å²) in [5.74, 6) is 0. The van der Waals surface area contributed by atoms with Crippen molar-refractivity contribution in [2.24, 2.45) is 7.05 Å². The molecule has 0 aliphatic rings. The molecule has 70 valence electrons. The molecule has 1 aromatic heterocycles. The van der Waals surface area contributed by atoms with Gasteiger partial charge in [0.2, 0.25) is 5.28 Å². The van der Waals surface area contributed by atoms with E-state index in [-0.39, 0.29) is 0 Å². The van der Waals surface area contributed by atoms with Gasteiger partial charge in [0.15, 0.2) is 0 Å². The highest BCUT2D eigenvalue weighted by Crippen LogP contribution is 2.06. The van der Waals surface area contributed by atoms with Gasteiger partial charge >= 0.3 is 7.25 Å². The summed E-state index contributed by atoms with van der Waals surface area (Å²) in [7, 11) is -4.16. The third-order valence-electron chi connectivity index (χ3n) is 0.762. The topological polar surface area (TPSA) is 17.8 Å². The number of aryl methyl sites for hydroxylation is 1. The van der Waals surface area contributed by atoms with Crippen LogP contribution in [0.5, 0.6) is 0 Å². The van der Waals surface area contributed by atoms with Crippen molar-refractivity contribution < 1.29 is 17.3 Å². The first-order valence-corrected chi connectivity index (χ1v) is 3.18. The van der Waals surface area contributed by atoms with Crippen molar-refractivity contribution in [2.75, 3.05) is 0 Å². The lowest BCUT2D eigenvalue weighted by molar-refractivity contribution is 0.368. The molecule has 0 atom stereocenters. The minimum absolute atomic E-state index is 0.528. The molecule has 2 nitrogen and oxygen atoms in total. The van der Waals surface area contributed by atoms with Gasteiger partial charge in [0, 0.05) is 19.4 Å². The van der Waals surface area contributed by atoms with Gasteiger partial charge in [-0.3, -0.25) is 0 Å². The van der Waals surface area contributed by atoms with Crippen molar-refractivity contribution in [1.29, 1.82) is 0 Å². The van der Waals surface area contributed by atoms with Crippen LogP contribution in [0.3, 0.4) is 0 Å². The van der Waals surface area contributed by atoms with Gasteiger partial charge in [-0.2, -0.15) is 0 Å². The van der Waals surface area contributed by atoms with Crippen LogP contribution in [0.25, 0.3) is 0 Å². The Kier molecular flexibility index (Phi) is 4.09. The average molecular weight is 203 g/mol. The Labute approximate surface area is 71.3 Å². The SMILES string of the molecule is Cn1ccnc1Cl.F[B-](F)(F)F. The highest BCUT2D eigenvalue weighted by atomic mass is 35.5. The zero-order valence-corrected chi connectivity index (χ0v) is 6.77. The first-order chi connectivity index (χ1) is 5.30. The second-order valence-electron chi connectivity index (χ2n) is 1.80. The van der Waals surface area contributed by atoms with Crippen molar-refractivity contribution in [3.05, 3.63) is 17.7 Å². The molecule has 0 saturated heterocycles. The summed E-state index contributed by atoms with van der Waals surface area (Å²) in [5.41, 5.74) is 0. The van der Waals surface area contributed by atoms with E-state index in [4.69, 9.17) is 11.6 Å². The van der Waals surface area contributed by atoms with E-state index in [1.165, 1.54) is 0 Å². The Hall–Kier alpha value is -0.715. The Balaban J connectivity index is 0.000000217. The smallest absolute Gasteiger partial charge is 0.418 e. The maximum atomic E-state index is 9.75. The van der Waals surface area contributed by atoms with Crippen molar-refractivity contribution in [1.82, 2.24) is 9.55 Å². The molecule has 0 aromatic carbocycles. The fourth-order valence-electron chi connectivity index (χ4n) is 0.347. The average Bonchev–Trinajstić information content (AvgIpc) is 2.12. The van der Waals surface area contributed by atoms with Crippen LogP contribution in [0.1, 0.15) is 0 Å². The van der Waals surface area contributed by atoms with E-state index in [1.807, 2.05) is 7.05 Å². The summed E-state index contributed by atoms with van der Waals surface area (Å²) in [6.07, 6.45) is 3.45. The molecular formula is C4H5BClF4N2-. The maximum absolute atomic E-state index is 9.75. The quantitative estimate of drug-likeness (QED) is 0.467. The lowest BCUT2D eigenvalue weighted by Gasteiger charge is -1.94. The van der Waals surface area contributed by atoms with Gasteiger partial charge < -0.3 is 21.8 Å². The lowest BCUT2D eigenvalue weighted by atomic mass is 10.3. The molecule has 0 unspecified atom stereocenters. The molecule has 0 fully saturated rings. The monoisotopic (exact) mass is 203 g/mol. The summed E-state index contributed by atoms with van der Waals surface area (Å²) < 4.78 is 40.7. The van der Waals surface area contributed by atoms with Gasteiger partial charge in [0.05, 0.1) is 0 Å². The number of imidazole rings is 1. The zero-order chi connectivity index (χ0) is 9.78. The molecule has 12 heavy (non-hydrogen) atoms. The van der Waals surface area contributed by atoms with Gasteiger partial charge in [-0.25, -0.2) is 4.98 Å². The Morgan fingerprint density at radius 1 is 1.42 bits per heavy atom. The Bertz CT molecular complexity index is 213. The summed E-state index contributed by atoms with van der Waals surface area (Å²) in [5, 5.41) is 0.528. The van der Waals surface area contributed by atoms with E-state index in [0.717, 1.165) is 0 Å². The van der Waals surface area contributed by atoms with Crippen molar-refractivity contribution >= 4 is 18.9 Å². The van der Waals surface area contributed by atoms with Crippen LogP contribution < -0.4 is 0 Å². The Morgan fingerprint density at radius 3 is 1.92 bits per heavy atom. The molecule has 0 radical (unpaired) electrons. The van der Waals surface area contributed by atoms with Crippen LogP contribution in [0.4, 0.5) is 17.3 Å². The normalized spacial score (nSPS) is 10.5. The third-order valence-corrected chi connectivity index (χ3v) is 1.13. The minimum Gasteiger partial charge on any atom is -0.418 e. The maximum Gasteiger partial charge on any atom is 0.673 e. The van der Waals surface area contributed by atoms with E-state index < -0.39 is 7.25 Å². The summed E-state index contributed by atoms with van der Waals surface area (Å²) in [6, 6.07) is 0. The second-order valence-corrected chi connectivity index (χ2v) is 2.14. The number of rotatable bonds is 0. The molecular weight excluding hydrogens is 198 g/mol. The molecule has 1 rings (SSSR count). The van der Waals surface area contributed by atoms with Crippen LogP contribution in [-0.4, -0.2) is 16.8 Å². The highest BCUT2D eigenvalue weighted by Gasteiger charge is 2.20. The molecule has 1 heterocycles. The molecule has 1 aromatic rings. The van der Waals surface area contributed by atoms with E-state index >= 15 is 0 Å². The van der Waals surface area contributed by atoms with Gasteiger partial charge in [0.1, 0.15) is 0 Å². The van der Waals surface area contributed by atoms with Crippen LogP contribution >= 0.6 is 11.6 Å². The fourth-order valence-corrected chi connectivity index (χ4v) is 0.460. The molecule has 0 bridgehead atoms. The number of aromatic nitrogens is 2. The first-order valence-electron chi connectivity index (χ1n) is 2.81. The zero-order valence-electron chi connectivity index (χ0n) is 6.02. The molecule has 8 heteroatoms. The van der Waals surface area contributed by atoms with Gasteiger partial charge in [0.25, 0.3) is 0 Å².